The maximum absolute atomic E-state index is 11.7. The Labute approximate surface area is 120 Å². The van der Waals surface area contributed by atoms with E-state index >= 15 is 0 Å². The lowest BCUT2D eigenvalue weighted by atomic mass is 10.3. The quantitative estimate of drug-likeness (QED) is 0.702. The van der Waals surface area contributed by atoms with Crippen LogP contribution in [-0.2, 0) is 17.9 Å². The largest absolute Gasteiger partial charge is 0.437 e. The number of ether oxygens (including phenoxy) is 1. The molecule has 0 bridgehead atoms. The first kappa shape index (κ1) is 13.5. The van der Waals surface area contributed by atoms with Gasteiger partial charge in [-0.3, -0.25) is 4.40 Å². The van der Waals surface area contributed by atoms with E-state index in [0.717, 1.165) is 11.4 Å². The van der Waals surface area contributed by atoms with Gasteiger partial charge in [-0.25, -0.2) is 14.8 Å². The highest BCUT2D eigenvalue weighted by molar-refractivity contribution is 5.34. The molecule has 0 saturated carbocycles. The summed E-state index contributed by atoms with van der Waals surface area (Å²) in [6.07, 6.45) is 1.84. The molecule has 3 aromatic heterocycles. The van der Waals surface area contributed by atoms with Gasteiger partial charge in [0.25, 0.3) is 0 Å². The van der Waals surface area contributed by atoms with Crippen LogP contribution in [0.4, 0.5) is 0 Å². The van der Waals surface area contributed by atoms with Crippen molar-refractivity contribution in [3.05, 3.63) is 45.8 Å². The summed E-state index contributed by atoms with van der Waals surface area (Å²) in [7, 11) is 1.51. The monoisotopic (exact) mass is 289 g/mol. The van der Waals surface area contributed by atoms with Gasteiger partial charge in [0.05, 0.1) is 12.2 Å². The van der Waals surface area contributed by atoms with Gasteiger partial charge in [-0.15, -0.1) is 5.10 Å². The number of imidazole rings is 1. The van der Waals surface area contributed by atoms with Crippen molar-refractivity contribution in [1.82, 2.24) is 24.1 Å². The van der Waals surface area contributed by atoms with Gasteiger partial charge in [-0.2, -0.15) is 4.68 Å². The zero-order valence-electron chi connectivity index (χ0n) is 12.0. The molecule has 0 spiro atoms. The predicted molar refractivity (Wildman–Crippen MR) is 73.0 cm³/mol. The molecule has 0 saturated heterocycles. The first-order valence-electron chi connectivity index (χ1n) is 6.45. The van der Waals surface area contributed by atoms with Crippen LogP contribution in [0.2, 0.25) is 0 Å². The van der Waals surface area contributed by atoms with E-state index in [0.29, 0.717) is 11.5 Å². The Hall–Kier alpha value is -2.48. The Morgan fingerprint density at radius 2 is 2.14 bits per heavy atom. The topological polar surface area (TPSA) is 87.5 Å². The molecule has 21 heavy (non-hydrogen) atoms. The second kappa shape index (κ2) is 5.13. The lowest BCUT2D eigenvalue weighted by molar-refractivity contribution is 0.158. The predicted octanol–water partition coefficient (Wildman–Crippen LogP) is 0.691. The maximum Gasteiger partial charge on any atom is 0.437 e. The second-order valence-corrected chi connectivity index (χ2v) is 4.79. The first-order chi connectivity index (χ1) is 10.1. The van der Waals surface area contributed by atoms with Crippen molar-refractivity contribution in [2.45, 2.75) is 27.0 Å². The summed E-state index contributed by atoms with van der Waals surface area (Å²) in [5.74, 6) is 0.326. The highest BCUT2D eigenvalue weighted by atomic mass is 16.5. The molecule has 0 radical (unpaired) electrons. The third kappa shape index (κ3) is 2.57. The molecule has 0 atom stereocenters. The molecule has 0 aromatic carbocycles. The van der Waals surface area contributed by atoms with Crippen LogP contribution in [0.1, 0.15) is 23.0 Å². The van der Waals surface area contributed by atoms with E-state index in [1.165, 1.54) is 11.8 Å². The fraction of sp³-hybridized carbons (Fsp3) is 0.385. The average Bonchev–Trinajstić information content (AvgIpc) is 2.95. The number of fused-ring (bicyclic) bond motifs is 1. The van der Waals surface area contributed by atoms with Crippen LogP contribution in [0.3, 0.4) is 0 Å². The Balaban J connectivity index is 1.95. The highest BCUT2D eigenvalue weighted by Gasteiger charge is 2.11. The third-order valence-corrected chi connectivity index (χ3v) is 3.04. The number of methoxy groups -OCH3 is 1. The lowest BCUT2D eigenvalue weighted by Gasteiger charge is -1.98. The molecule has 0 amide bonds. The van der Waals surface area contributed by atoms with Crippen molar-refractivity contribution in [2.75, 3.05) is 7.11 Å². The van der Waals surface area contributed by atoms with E-state index in [-0.39, 0.29) is 19.0 Å². The molecule has 8 nitrogen and oxygen atoms in total. The third-order valence-electron chi connectivity index (χ3n) is 3.04. The Bertz CT molecular complexity index is 845. The van der Waals surface area contributed by atoms with Crippen molar-refractivity contribution >= 4 is 5.78 Å². The Morgan fingerprint density at radius 1 is 1.33 bits per heavy atom. The summed E-state index contributed by atoms with van der Waals surface area (Å²) in [5.41, 5.74) is 2.62. The van der Waals surface area contributed by atoms with Crippen LogP contribution in [0.15, 0.2) is 21.5 Å². The minimum Gasteiger partial charge on any atom is -0.390 e. The van der Waals surface area contributed by atoms with Crippen LogP contribution in [0.25, 0.3) is 5.78 Å². The van der Waals surface area contributed by atoms with Crippen molar-refractivity contribution in [1.29, 1.82) is 0 Å². The number of hydrogen-bond donors (Lipinski definition) is 0. The summed E-state index contributed by atoms with van der Waals surface area (Å²) in [6.45, 7) is 4.29. The van der Waals surface area contributed by atoms with E-state index in [9.17, 15) is 4.79 Å². The van der Waals surface area contributed by atoms with Gasteiger partial charge in [-0.05, 0) is 19.9 Å². The molecule has 110 valence electrons. The summed E-state index contributed by atoms with van der Waals surface area (Å²) in [4.78, 5) is 20.4. The van der Waals surface area contributed by atoms with Crippen molar-refractivity contribution < 1.29 is 9.15 Å². The lowest BCUT2D eigenvalue weighted by Crippen LogP contribution is -2.16. The summed E-state index contributed by atoms with van der Waals surface area (Å²) < 4.78 is 12.9. The molecule has 3 aromatic rings. The van der Waals surface area contributed by atoms with Crippen molar-refractivity contribution in [2.24, 2.45) is 0 Å². The number of aryl methyl sites for hydroxylation is 2. The van der Waals surface area contributed by atoms with Crippen LogP contribution in [0.5, 0.6) is 0 Å². The molecule has 0 N–H and O–H groups in total. The average molecular weight is 289 g/mol. The molecule has 0 aliphatic heterocycles. The van der Waals surface area contributed by atoms with Gasteiger partial charge in [-0.1, -0.05) is 0 Å². The minimum absolute atomic E-state index is 0.160. The zero-order chi connectivity index (χ0) is 15.0. The van der Waals surface area contributed by atoms with E-state index < -0.39 is 5.76 Å². The van der Waals surface area contributed by atoms with Gasteiger partial charge in [0, 0.05) is 24.7 Å². The fourth-order valence-corrected chi connectivity index (χ4v) is 2.18. The Morgan fingerprint density at radius 3 is 2.90 bits per heavy atom. The van der Waals surface area contributed by atoms with E-state index in [1.54, 1.807) is 0 Å². The molecule has 3 heterocycles. The number of aromatic nitrogens is 5. The molecule has 3 rings (SSSR count). The molecular formula is C13H15N5O3. The molecule has 0 unspecified atom stereocenters. The molecule has 0 aliphatic carbocycles. The van der Waals surface area contributed by atoms with Crippen LogP contribution in [-0.4, -0.2) is 31.3 Å². The van der Waals surface area contributed by atoms with Gasteiger partial charge in [0.1, 0.15) is 6.61 Å². The molecule has 0 fully saturated rings. The van der Waals surface area contributed by atoms with Gasteiger partial charge < -0.3 is 9.15 Å². The van der Waals surface area contributed by atoms with Crippen LogP contribution in [0, 0.1) is 13.8 Å². The van der Waals surface area contributed by atoms with Crippen molar-refractivity contribution in [3.63, 3.8) is 0 Å². The molecule has 8 heteroatoms. The SMILES string of the molecule is COCc1nn(Cc2cn3c(C)cc(C)nc3n2)c(=O)o1. The smallest absolute Gasteiger partial charge is 0.390 e. The van der Waals surface area contributed by atoms with E-state index in [2.05, 4.69) is 15.1 Å². The molecule has 0 aliphatic rings. The number of nitrogens with zero attached hydrogens (tertiary/aromatic N) is 5. The maximum atomic E-state index is 11.7. The van der Waals surface area contributed by atoms with Crippen LogP contribution >= 0.6 is 0 Å². The standard InChI is InChI=1S/C13H15N5O3/c1-8-4-9(2)17-5-10(15-12(17)14-8)6-18-13(19)21-11(16-18)7-20-3/h4-5H,6-7H2,1-3H3. The second-order valence-electron chi connectivity index (χ2n) is 4.79. The summed E-state index contributed by atoms with van der Waals surface area (Å²) >= 11 is 0. The Kier molecular flexibility index (Phi) is 3.30. The zero-order valence-corrected chi connectivity index (χ0v) is 12.0. The highest BCUT2D eigenvalue weighted by Crippen LogP contribution is 2.09. The summed E-state index contributed by atoms with van der Waals surface area (Å²) in [5, 5.41) is 4.05. The van der Waals surface area contributed by atoms with E-state index in [1.807, 2.05) is 30.5 Å². The normalized spacial score (nSPS) is 11.4. The molecular weight excluding hydrogens is 274 g/mol. The van der Waals surface area contributed by atoms with E-state index in [4.69, 9.17) is 9.15 Å². The van der Waals surface area contributed by atoms with Gasteiger partial charge in [0.15, 0.2) is 0 Å². The number of rotatable bonds is 4. The number of hydrogen-bond acceptors (Lipinski definition) is 6. The fourth-order valence-electron chi connectivity index (χ4n) is 2.18. The van der Waals surface area contributed by atoms with Gasteiger partial charge >= 0.3 is 5.76 Å². The first-order valence-corrected chi connectivity index (χ1v) is 6.45. The van der Waals surface area contributed by atoms with Crippen LogP contribution < -0.4 is 5.76 Å². The summed E-state index contributed by atoms with van der Waals surface area (Å²) in [6, 6.07) is 1.97. The van der Waals surface area contributed by atoms with Gasteiger partial charge in [0.2, 0.25) is 11.7 Å². The van der Waals surface area contributed by atoms with Crippen molar-refractivity contribution in [3.8, 4) is 0 Å². The minimum atomic E-state index is -0.528.